The van der Waals surface area contributed by atoms with Crippen LogP contribution in [0.25, 0.3) is 0 Å². The predicted octanol–water partition coefficient (Wildman–Crippen LogP) is 2.32. The number of hydrogen-bond donors (Lipinski definition) is 1. The van der Waals surface area contributed by atoms with Gasteiger partial charge < -0.3 is 10.5 Å². The van der Waals surface area contributed by atoms with Gasteiger partial charge in [-0.2, -0.15) is 0 Å². The van der Waals surface area contributed by atoms with Crippen molar-refractivity contribution >= 4 is 0 Å². The van der Waals surface area contributed by atoms with Crippen molar-refractivity contribution < 1.29 is 4.74 Å². The summed E-state index contributed by atoms with van der Waals surface area (Å²) in [5.74, 6) is 1.69. The van der Waals surface area contributed by atoms with Gasteiger partial charge in [0.2, 0.25) is 0 Å². The number of ether oxygens (including phenoxy) is 1. The van der Waals surface area contributed by atoms with Gasteiger partial charge in [0.15, 0.2) is 0 Å². The average molecular weight is 205 g/mol. The van der Waals surface area contributed by atoms with Crippen LogP contribution in [0, 0.1) is 5.92 Å². The lowest BCUT2D eigenvalue weighted by molar-refractivity contribution is 0.407. The third kappa shape index (κ3) is 1.86. The Morgan fingerprint density at radius 3 is 2.33 bits per heavy atom. The molecule has 2 rings (SSSR count). The van der Waals surface area contributed by atoms with Gasteiger partial charge in [0.1, 0.15) is 5.75 Å². The Balaban J connectivity index is 2.26. The normalized spacial score (nSPS) is 19.7. The molecule has 0 aromatic heterocycles. The number of rotatable bonds is 4. The van der Waals surface area contributed by atoms with Gasteiger partial charge in [0.25, 0.3) is 0 Å². The molecule has 0 aliphatic heterocycles. The van der Waals surface area contributed by atoms with Crippen molar-refractivity contribution in [3.63, 3.8) is 0 Å². The molecule has 1 aromatic carbocycles. The van der Waals surface area contributed by atoms with Crippen molar-refractivity contribution in [1.29, 1.82) is 0 Å². The fourth-order valence-corrected chi connectivity index (χ4v) is 2.21. The van der Waals surface area contributed by atoms with Gasteiger partial charge in [0, 0.05) is 12.0 Å². The summed E-state index contributed by atoms with van der Waals surface area (Å²) in [6.07, 6.45) is 2.64. The molecule has 0 amide bonds. The van der Waals surface area contributed by atoms with Crippen molar-refractivity contribution in [2.24, 2.45) is 11.7 Å². The molecule has 1 aliphatic carbocycles. The van der Waals surface area contributed by atoms with E-state index in [4.69, 9.17) is 10.5 Å². The van der Waals surface area contributed by atoms with Gasteiger partial charge >= 0.3 is 0 Å². The first-order valence-electron chi connectivity index (χ1n) is 5.55. The minimum Gasteiger partial charge on any atom is -0.497 e. The van der Waals surface area contributed by atoms with Crippen molar-refractivity contribution in [3.05, 3.63) is 29.8 Å². The van der Waals surface area contributed by atoms with Crippen molar-refractivity contribution in [2.75, 3.05) is 13.7 Å². The fourth-order valence-electron chi connectivity index (χ4n) is 2.21. The number of hydrogen-bond acceptors (Lipinski definition) is 2. The SMILES string of the molecule is COc1ccc(C(C)(CN)C2CC2)cc1. The maximum atomic E-state index is 5.92. The molecule has 0 spiro atoms. The second-order valence-corrected chi connectivity index (χ2v) is 4.62. The molecular formula is C13H19NO. The zero-order chi connectivity index (χ0) is 10.9. The summed E-state index contributed by atoms with van der Waals surface area (Å²) >= 11 is 0. The van der Waals surface area contributed by atoms with Crippen LogP contribution < -0.4 is 10.5 Å². The summed E-state index contributed by atoms with van der Waals surface area (Å²) in [5, 5.41) is 0. The zero-order valence-corrected chi connectivity index (χ0v) is 9.49. The van der Waals surface area contributed by atoms with Crippen LogP contribution in [0.15, 0.2) is 24.3 Å². The molecule has 1 aliphatic rings. The molecule has 1 saturated carbocycles. The van der Waals surface area contributed by atoms with Crippen LogP contribution in [-0.2, 0) is 5.41 Å². The van der Waals surface area contributed by atoms with Gasteiger partial charge in [-0.1, -0.05) is 19.1 Å². The molecule has 2 nitrogen and oxygen atoms in total. The molecule has 0 heterocycles. The first kappa shape index (κ1) is 10.5. The van der Waals surface area contributed by atoms with Gasteiger partial charge in [-0.3, -0.25) is 0 Å². The molecule has 15 heavy (non-hydrogen) atoms. The van der Waals surface area contributed by atoms with E-state index in [-0.39, 0.29) is 5.41 Å². The molecule has 1 fully saturated rings. The summed E-state index contributed by atoms with van der Waals surface area (Å²) in [5.41, 5.74) is 7.42. The molecule has 1 atom stereocenters. The monoisotopic (exact) mass is 205 g/mol. The molecular weight excluding hydrogens is 186 g/mol. The van der Waals surface area contributed by atoms with Gasteiger partial charge in [-0.05, 0) is 36.5 Å². The van der Waals surface area contributed by atoms with E-state index in [2.05, 4.69) is 19.1 Å². The Bertz CT molecular complexity index is 329. The molecule has 2 heteroatoms. The van der Waals surface area contributed by atoms with E-state index in [1.54, 1.807) is 7.11 Å². The highest BCUT2D eigenvalue weighted by atomic mass is 16.5. The van der Waals surface area contributed by atoms with Crippen molar-refractivity contribution in [2.45, 2.75) is 25.2 Å². The van der Waals surface area contributed by atoms with Crippen molar-refractivity contribution in [3.8, 4) is 5.75 Å². The number of nitrogens with two attached hydrogens (primary N) is 1. The fraction of sp³-hybridized carbons (Fsp3) is 0.538. The highest BCUT2D eigenvalue weighted by Gasteiger charge is 2.41. The number of methoxy groups -OCH3 is 1. The average Bonchev–Trinajstić information content (AvgIpc) is 3.12. The molecule has 82 valence electrons. The zero-order valence-electron chi connectivity index (χ0n) is 9.49. The summed E-state index contributed by atoms with van der Waals surface area (Å²) in [4.78, 5) is 0. The Labute approximate surface area is 91.4 Å². The van der Waals surface area contributed by atoms with Crippen LogP contribution in [-0.4, -0.2) is 13.7 Å². The second-order valence-electron chi connectivity index (χ2n) is 4.62. The molecule has 0 saturated heterocycles. The van der Waals surface area contributed by atoms with E-state index < -0.39 is 0 Å². The summed E-state index contributed by atoms with van der Waals surface area (Å²) in [7, 11) is 1.69. The maximum absolute atomic E-state index is 5.92. The van der Waals surface area contributed by atoms with E-state index >= 15 is 0 Å². The highest BCUT2D eigenvalue weighted by molar-refractivity contribution is 5.33. The standard InChI is InChI=1S/C13H19NO/c1-13(9-14,10-3-4-10)11-5-7-12(15-2)8-6-11/h5-8,10H,3-4,9,14H2,1-2H3. The van der Waals surface area contributed by atoms with E-state index in [9.17, 15) is 0 Å². The molecule has 0 radical (unpaired) electrons. The third-order valence-electron chi connectivity index (χ3n) is 3.65. The predicted molar refractivity (Wildman–Crippen MR) is 62.1 cm³/mol. The lowest BCUT2D eigenvalue weighted by Crippen LogP contribution is -2.34. The first-order chi connectivity index (χ1) is 7.20. The minimum atomic E-state index is 0.159. The molecule has 0 bridgehead atoms. The van der Waals surface area contributed by atoms with Crippen LogP contribution in [0.2, 0.25) is 0 Å². The topological polar surface area (TPSA) is 35.2 Å². The largest absolute Gasteiger partial charge is 0.497 e. The van der Waals surface area contributed by atoms with Crippen LogP contribution in [0.3, 0.4) is 0 Å². The van der Waals surface area contributed by atoms with Crippen LogP contribution in [0.5, 0.6) is 5.75 Å². The smallest absolute Gasteiger partial charge is 0.118 e. The lowest BCUT2D eigenvalue weighted by atomic mass is 9.78. The van der Waals surface area contributed by atoms with Gasteiger partial charge in [-0.15, -0.1) is 0 Å². The number of benzene rings is 1. The summed E-state index contributed by atoms with van der Waals surface area (Å²) in [6.45, 7) is 3.00. The van der Waals surface area contributed by atoms with Crippen LogP contribution in [0.4, 0.5) is 0 Å². The first-order valence-corrected chi connectivity index (χ1v) is 5.55. The van der Waals surface area contributed by atoms with Gasteiger partial charge in [-0.25, -0.2) is 0 Å². The summed E-state index contributed by atoms with van der Waals surface area (Å²) in [6, 6.07) is 8.32. The lowest BCUT2D eigenvalue weighted by Gasteiger charge is -2.28. The Hall–Kier alpha value is -1.02. The van der Waals surface area contributed by atoms with E-state index in [0.717, 1.165) is 18.2 Å². The molecule has 1 unspecified atom stereocenters. The van der Waals surface area contributed by atoms with Crippen LogP contribution in [0.1, 0.15) is 25.3 Å². The third-order valence-corrected chi connectivity index (χ3v) is 3.65. The molecule has 2 N–H and O–H groups in total. The maximum Gasteiger partial charge on any atom is 0.118 e. The second kappa shape index (κ2) is 3.86. The van der Waals surface area contributed by atoms with Gasteiger partial charge in [0.05, 0.1) is 7.11 Å². The van der Waals surface area contributed by atoms with Crippen LogP contribution >= 0.6 is 0 Å². The highest BCUT2D eigenvalue weighted by Crippen LogP contribution is 2.46. The Morgan fingerprint density at radius 2 is 1.93 bits per heavy atom. The van der Waals surface area contributed by atoms with Crippen molar-refractivity contribution in [1.82, 2.24) is 0 Å². The van der Waals surface area contributed by atoms with E-state index in [0.29, 0.717) is 0 Å². The van der Waals surface area contributed by atoms with E-state index in [1.807, 2.05) is 12.1 Å². The Kier molecular flexibility index (Phi) is 2.70. The quantitative estimate of drug-likeness (QED) is 0.818. The Morgan fingerprint density at radius 1 is 1.33 bits per heavy atom. The molecule has 1 aromatic rings. The minimum absolute atomic E-state index is 0.159. The summed E-state index contributed by atoms with van der Waals surface area (Å²) < 4.78 is 5.16. The van der Waals surface area contributed by atoms with E-state index in [1.165, 1.54) is 18.4 Å².